The Bertz CT molecular complexity index is 331. The van der Waals surface area contributed by atoms with E-state index in [0.717, 1.165) is 19.4 Å². The van der Waals surface area contributed by atoms with Gasteiger partial charge in [0.1, 0.15) is 0 Å². The van der Waals surface area contributed by atoms with Gasteiger partial charge in [-0.15, -0.1) is 0 Å². The molecule has 0 fully saturated rings. The molecule has 0 heterocycles. The summed E-state index contributed by atoms with van der Waals surface area (Å²) in [6.45, 7) is 8.86. The Morgan fingerprint density at radius 3 is 2.13 bits per heavy atom. The number of amides is 1. The molecule has 0 aliphatic rings. The molecule has 0 aliphatic carbocycles. The zero-order chi connectivity index (χ0) is 17.7. The second-order valence-electron chi connectivity index (χ2n) is 6.98. The number of aliphatic carboxylic acids is 1. The molecule has 23 heavy (non-hydrogen) atoms. The highest BCUT2D eigenvalue weighted by Gasteiger charge is 2.22. The van der Waals surface area contributed by atoms with Crippen molar-refractivity contribution in [1.29, 1.82) is 0 Å². The maximum Gasteiger partial charge on any atom is 0.306 e. The zero-order valence-electron chi connectivity index (χ0n) is 15.6. The minimum atomic E-state index is -0.723. The standard InChI is InChI=1S/C19H37NO3/c1-5-7-8-9-10-11-12-20-18(21)16(4)13-15(3)14-17(6-2)19(22)23/h15-17H,5-14H2,1-4H3,(H,20,21)(H,22,23). The fourth-order valence-corrected chi connectivity index (χ4v) is 3.03. The third-order valence-electron chi connectivity index (χ3n) is 4.56. The number of carbonyl (C=O) groups is 2. The van der Waals surface area contributed by atoms with Crippen molar-refractivity contribution in [2.75, 3.05) is 6.54 Å². The van der Waals surface area contributed by atoms with Crippen LogP contribution in [0.3, 0.4) is 0 Å². The van der Waals surface area contributed by atoms with Crippen molar-refractivity contribution in [3.8, 4) is 0 Å². The molecule has 4 heteroatoms. The van der Waals surface area contributed by atoms with Gasteiger partial charge in [0, 0.05) is 12.5 Å². The SMILES string of the molecule is CCCCCCCCNC(=O)C(C)CC(C)CC(CC)C(=O)O. The number of unbranched alkanes of at least 4 members (excludes halogenated alkanes) is 5. The van der Waals surface area contributed by atoms with Crippen LogP contribution < -0.4 is 5.32 Å². The van der Waals surface area contributed by atoms with Crippen LogP contribution in [0.1, 0.15) is 85.5 Å². The molecule has 0 spiro atoms. The first-order valence-corrected chi connectivity index (χ1v) is 9.42. The Labute approximate surface area is 142 Å². The van der Waals surface area contributed by atoms with Gasteiger partial charge in [-0.25, -0.2) is 0 Å². The molecular formula is C19H37NO3. The lowest BCUT2D eigenvalue weighted by Gasteiger charge is -2.19. The Morgan fingerprint density at radius 2 is 1.57 bits per heavy atom. The molecule has 3 atom stereocenters. The Hall–Kier alpha value is -1.06. The fraction of sp³-hybridized carbons (Fsp3) is 0.895. The van der Waals surface area contributed by atoms with E-state index in [0.29, 0.717) is 12.8 Å². The predicted molar refractivity (Wildman–Crippen MR) is 95.4 cm³/mol. The number of hydrogen-bond donors (Lipinski definition) is 2. The van der Waals surface area contributed by atoms with Gasteiger partial charge in [0.15, 0.2) is 0 Å². The maximum absolute atomic E-state index is 12.1. The largest absolute Gasteiger partial charge is 0.481 e. The van der Waals surface area contributed by atoms with Gasteiger partial charge >= 0.3 is 5.97 Å². The Balaban J connectivity index is 3.86. The lowest BCUT2D eigenvalue weighted by molar-refractivity contribution is -0.142. The summed E-state index contributed by atoms with van der Waals surface area (Å²) >= 11 is 0. The molecule has 2 N–H and O–H groups in total. The topological polar surface area (TPSA) is 66.4 Å². The minimum Gasteiger partial charge on any atom is -0.481 e. The summed E-state index contributed by atoms with van der Waals surface area (Å²) in [5, 5.41) is 12.1. The molecule has 0 saturated carbocycles. The van der Waals surface area contributed by atoms with Crippen molar-refractivity contribution in [3.05, 3.63) is 0 Å². The molecule has 0 rings (SSSR count). The molecular weight excluding hydrogens is 290 g/mol. The van der Waals surface area contributed by atoms with Gasteiger partial charge in [-0.3, -0.25) is 9.59 Å². The fourth-order valence-electron chi connectivity index (χ4n) is 3.03. The molecule has 0 saturated heterocycles. The normalized spacial score (nSPS) is 15.0. The highest BCUT2D eigenvalue weighted by molar-refractivity contribution is 5.78. The Kier molecular flexibility index (Phi) is 12.8. The average Bonchev–Trinajstić information content (AvgIpc) is 2.51. The van der Waals surface area contributed by atoms with Crippen LogP contribution in [0, 0.1) is 17.8 Å². The first-order valence-electron chi connectivity index (χ1n) is 9.42. The summed E-state index contributed by atoms with van der Waals surface area (Å²) < 4.78 is 0. The number of carboxylic acids is 1. The molecule has 0 aromatic carbocycles. The van der Waals surface area contributed by atoms with Gasteiger partial charge in [-0.05, 0) is 31.6 Å². The smallest absolute Gasteiger partial charge is 0.306 e. The minimum absolute atomic E-state index is 0.0450. The molecule has 0 aliphatic heterocycles. The van der Waals surface area contributed by atoms with Crippen molar-refractivity contribution in [1.82, 2.24) is 5.32 Å². The van der Waals surface area contributed by atoms with Crippen molar-refractivity contribution in [2.24, 2.45) is 17.8 Å². The van der Waals surface area contributed by atoms with Gasteiger partial charge in [-0.2, -0.15) is 0 Å². The van der Waals surface area contributed by atoms with Crippen molar-refractivity contribution >= 4 is 11.9 Å². The van der Waals surface area contributed by atoms with Crippen molar-refractivity contribution in [2.45, 2.75) is 85.5 Å². The molecule has 0 radical (unpaired) electrons. The first-order chi connectivity index (χ1) is 10.9. The molecule has 0 aromatic heterocycles. The summed E-state index contributed by atoms with van der Waals surface area (Å²) in [6, 6.07) is 0. The third-order valence-corrected chi connectivity index (χ3v) is 4.56. The molecule has 0 aromatic rings. The van der Waals surface area contributed by atoms with Crippen LogP contribution in [0.5, 0.6) is 0 Å². The quantitative estimate of drug-likeness (QED) is 0.457. The van der Waals surface area contributed by atoms with Crippen LogP contribution >= 0.6 is 0 Å². The monoisotopic (exact) mass is 327 g/mol. The summed E-state index contributed by atoms with van der Waals surface area (Å²) in [4.78, 5) is 23.2. The number of hydrogen-bond acceptors (Lipinski definition) is 2. The second kappa shape index (κ2) is 13.4. The van der Waals surface area contributed by atoms with E-state index in [2.05, 4.69) is 12.2 Å². The van der Waals surface area contributed by atoms with Crippen molar-refractivity contribution in [3.63, 3.8) is 0 Å². The summed E-state index contributed by atoms with van der Waals surface area (Å²) in [5.74, 6) is -0.695. The first kappa shape index (κ1) is 21.9. The van der Waals surface area contributed by atoms with Crippen LogP contribution in [0.2, 0.25) is 0 Å². The van der Waals surface area contributed by atoms with Gasteiger partial charge in [0.05, 0.1) is 5.92 Å². The summed E-state index contributed by atoms with van der Waals surface area (Å²) in [5.41, 5.74) is 0. The molecule has 4 nitrogen and oxygen atoms in total. The molecule has 3 unspecified atom stereocenters. The number of carboxylic acid groups (broad SMARTS) is 1. The highest BCUT2D eigenvalue weighted by atomic mass is 16.4. The van der Waals surface area contributed by atoms with E-state index in [1.54, 1.807) is 0 Å². The van der Waals surface area contributed by atoms with Crippen LogP contribution in [-0.2, 0) is 9.59 Å². The predicted octanol–water partition coefficient (Wildman–Crippen LogP) is 4.63. The van der Waals surface area contributed by atoms with Crippen molar-refractivity contribution < 1.29 is 14.7 Å². The average molecular weight is 328 g/mol. The maximum atomic E-state index is 12.1. The molecule has 0 bridgehead atoms. The zero-order valence-corrected chi connectivity index (χ0v) is 15.6. The van der Waals surface area contributed by atoms with Gasteiger partial charge in [-0.1, -0.05) is 59.8 Å². The van der Waals surface area contributed by atoms with E-state index >= 15 is 0 Å². The van der Waals surface area contributed by atoms with Crippen LogP contribution in [0.25, 0.3) is 0 Å². The van der Waals surface area contributed by atoms with E-state index < -0.39 is 5.97 Å². The number of nitrogens with one attached hydrogen (secondary N) is 1. The highest BCUT2D eigenvalue weighted by Crippen LogP contribution is 2.22. The molecule has 1 amide bonds. The van der Waals surface area contributed by atoms with Gasteiger partial charge < -0.3 is 10.4 Å². The lowest BCUT2D eigenvalue weighted by atomic mass is 9.87. The summed E-state index contributed by atoms with van der Waals surface area (Å²) in [7, 11) is 0. The third kappa shape index (κ3) is 11.2. The second-order valence-corrected chi connectivity index (χ2v) is 6.98. The lowest BCUT2D eigenvalue weighted by Crippen LogP contribution is -2.31. The van der Waals surface area contributed by atoms with Gasteiger partial charge in [0.25, 0.3) is 0 Å². The van der Waals surface area contributed by atoms with E-state index in [4.69, 9.17) is 5.11 Å². The van der Waals surface area contributed by atoms with E-state index in [1.807, 2.05) is 20.8 Å². The van der Waals surface area contributed by atoms with Gasteiger partial charge in [0.2, 0.25) is 5.91 Å². The van der Waals surface area contributed by atoms with Crippen LogP contribution in [0.15, 0.2) is 0 Å². The van der Waals surface area contributed by atoms with Crippen LogP contribution in [0.4, 0.5) is 0 Å². The van der Waals surface area contributed by atoms with E-state index in [-0.39, 0.29) is 23.7 Å². The number of rotatable bonds is 14. The van der Waals surface area contributed by atoms with Crippen LogP contribution in [-0.4, -0.2) is 23.5 Å². The summed E-state index contributed by atoms with van der Waals surface area (Å²) in [6.07, 6.45) is 9.40. The molecule has 136 valence electrons. The van der Waals surface area contributed by atoms with E-state index in [1.165, 1.54) is 32.1 Å². The number of carbonyl (C=O) groups excluding carboxylic acids is 1. The van der Waals surface area contributed by atoms with E-state index in [9.17, 15) is 9.59 Å². The Morgan fingerprint density at radius 1 is 0.957 bits per heavy atom.